The number of hydrogen-bond donors (Lipinski definition) is 0. The Morgan fingerprint density at radius 1 is 0.436 bits per heavy atom. The van der Waals surface area contributed by atoms with Gasteiger partial charge in [0.15, 0.2) is 0 Å². The molecule has 1 aliphatic carbocycles. The minimum absolute atomic E-state index is 0.392. The number of fused-ring (bicyclic) bond motifs is 1. The average molecular weight is 709 g/mol. The molecule has 0 bridgehead atoms. The third kappa shape index (κ3) is 6.82. The van der Waals surface area contributed by atoms with Crippen LogP contribution in [0.25, 0.3) is 33.4 Å². The summed E-state index contributed by atoms with van der Waals surface area (Å²) in [6.45, 7) is 2.28. The molecular weight excluding hydrogens is 669 g/mol. The summed E-state index contributed by atoms with van der Waals surface area (Å²) in [4.78, 5) is 15.3. The van der Waals surface area contributed by atoms with Gasteiger partial charge >= 0.3 is 0 Å². The van der Waals surface area contributed by atoms with Gasteiger partial charge in [-0.15, -0.1) is 0 Å². The highest BCUT2D eigenvalue weighted by Gasteiger charge is 2.32. The summed E-state index contributed by atoms with van der Waals surface area (Å²) in [5, 5.41) is 0. The van der Waals surface area contributed by atoms with Crippen LogP contribution in [0.1, 0.15) is 19.0 Å². The predicted molar refractivity (Wildman–Crippen MR) is 229 cm³/mol. The number of rotatable bonds is 9. The SMILES string of the molecule is CC1(c2nc3ccccc3nc2-c2cccc(-c3ccccc3)c2)C=CC(N(c2ccccc2)c2ccc(N(c3ccccc3)c3ccccc3)cc2)=CC1. The molecule has 1 heterocycles. The van der Waals surface area contributed by atoms with E-state index in [4.69, 9.17) is 9.97 Å². The molecule has 0 fully saturated rings. The van der Waals surface area contributed by atoms with E-state index in [1.165, 1.54) is 5.56 Å². The van der Waals surface area contributed by atoms with Gasteiger partial charge in [-0.1, -0.05) is 134 Å². The smallest absolute Gasteiger partial charge is 0.0934 e. The van der Waals surface area contributed by atoms with Crippen molar-refractivity contribution in [1.29, 1.82) is 0 Å². The van der Waals surface area contributed by atoms with Gasteiger partial charge in [-0.05, 0) is 102 Å². The first kappa shape index (κ1) is 33.8. The summed E-state index contributed by atoms with van der Waals surface area (Å²) >= 11 is 0. The van der Waals surface area contributed by atoms with Crippen LogP contribution in [0.3, 0.4) is 0 Å². The lowest BCUT2D eigenvalue weighted by atomic mass is 9.77. The normalized spacial score (nSPS) is 15.0. The summed E-state index contributed by atoms with van der Waals surface area (Å²) in [6.07, 6.45) is 7.69. The van der Waals surface area contributed by atoms with Gasteiger partial charge in [0.2, 0.25) is 0 Å². The Labute approximate surface area is 323 Å². The summed E-state index contributed by atoms with van der Waals surface area (Å²) in [6, 6.07) is 67.9. The molecule has 1 unspecified atom stereocenters. The number of hydrogen-bond acceptors (Lipinski definition) is 4. The molecule has 0 radical (unpaired) electrons. The molecule has 4 heteroatoms. The third-order valence-electron chi connectivity index (χ3n) is 10.4. The highest BCUT2D eigenvalue weighted by molar-refractivity contribution is 5.82. The van der Waals surface area contributed by atoms with E-state index in [9.17, 15) is 0 Å². The van der Waals surface area contributed by atoms with E-state index in [1.54, 1.807) is 0 Å². The van der Waals surface area contributed by atoms with E-state index in [-0.39, 0.29) is 0 Å². The first-order valence-electron chi connectivity index (χ1n) is 18.8. The Bertz CT molecular complexity index is 2580. The quantitative estimate of drug-likeness (QED) is 0.149. The van der Waals surface area contributed by atoms with Gasteiger partial charge in [-0.2, -0.15) is 0 Å². The van der Waals surface area contributed by atoms with Gasteiger partial charge in [-0.25, -0.2) is 9.97 Å². The van der Waals surface area contributed by atoms with Crippen LogP contribution in [0.4, 0.5) is 28.4 Å². The van der Waals surface area contributed by atoms with E-state index in [0.29, 0.717) is 0 Å². The largest absolute Gasteiger partial charge is 0.311 e. The van der Waals surface area contributed by atoms with Crippen molar-refractivity contribution in [3.05, 3.63) is 224 Å². The van der Waals surface area contributed by atoms with Crippen LogP contribution in [0.2, 0.25) is 0 Å². The molecule has 264 valence electrons. The molecule has 9 rings (SSSR count). The fraction of sp³-hybridized carbons (Fsp3) is 0.0588. The third-order valence-corrected chi connectivity index (χ3v) is 10.4. The van der Waals surface area contributed by atoms with Gasteiger partial charge in [-0.3, -0.25) is 0 Å². The van der Waals surface area contributed by atoms with E-state index in [2.05, 4.69) is 217 Å². The molecule has 7 aromatic carbocycles. The van der Waals surface area contributed by atoms with Gasteiger partial charge in [0.05, 0.1) is 22.4 Å². The molecule has 0 spiro atoms. The molecule has 8 aromatic rings. The van der Waals surface area contributed by atoms with Crippen LogP contribution >= 0.6 is 0 Å². The Hall–Kier alpha value is -7.04. The van der Waals surface area contributed by atoms with Crippen molar-refractivity contribution in [2.75, 3.05) is 9.80 Å². The van der Waals surface area contributed by atoms with Crippen LogP contribution in [0.5, 0.6) is 0 Å². The number of nitrogens with zero attached hydrogens (tertiary/aromatic N) is 4. The lowest BCUT2D eigenvalue weighted by Crippen LogP contribution is -2.26. The van der Waals surface area contributed by atoms with Crippen LogP contribution in [0.15, 0.2) is 218 Å². The number of allylic oxidation sites excluding steroid dienone is 3. The summed E-state index contributed by atoms with van der Waals surface area (Å²) in [7, 11) is 0. The van der Waals surface area contributed by atoms with Crippen LogP contribution in [-0.4, -0.2) is 9.97 Å². The van der Waals surface area contributed by atoms with Gasteiger partial charge < -0.3 is 9.80 Å². The molecule has 0 amide bonds. The van der Waals surface area contributed by atoms with Crippen LogP contribution < -0.4 is 9.80 Å². The standard InChI is InChI=1S/C51H40N4/c1-51(50-49(52-47-27-14-15-28-48(47)53-50)40-20-16-19-39(37-40)38-17-6-2-7-18-38)35-33-46(34-36-51)55(43-25-12-5-13-26-43)45-31-29-44(30-32-45)54(41-21-8-3-9-22-41)42-23-10-4-11-24-42/h2-35,37H,36H2,1H3. The van der Waals surface area contributed by atoms with Crippen molar-refractivity contribution in [2.45, 2.75) is 18.8 Å². The average Bonchev–Trinajstić information content (AvgIpc) is 3.26. The summed E-state index contributed by atoms with van der Waals surface area (Å²) < 4.78 is 0. The Kier molecular flexibility index (Phi) is 9.07. The van der Waals surface area contributed by atoms with Crippen LogP contribution in [-0.2, 0) is 5.41 Å². The zero-order chi connectivity index (χ0) is 37.0. The first-order chi connectivity index (χ1) is 27.1. The van der Waals surface area contributed by atoms with Crippen molar-refractivity contribution < 1.29 is 0 Å². The Morgan fingerprint density at radius 3 is 1.45 bits per heavy atom. The Balaban J connectivity index is 1.09. The van der Waals surface area contributed by atoms with E-state index in [1.807, 2.05) is 12.1 Å². The van der Waals surface area contributed by atoms with Gasteiger partial charge in [0.1, 0.15) is 0 Å². The van der Waals surface area contributed by atoms with Gasteiger partial charge in [0.25, 0.3) is 0 Å². The highest BCUT2D eigenvalue weighted by Crippen LogP contribution is 2.42. The van der Waals surface area contributed by atoms with E-state index >= 15 is 0 Å². The van der Waals surface area contributed by atoms with E-state index < -0.39 is 5.41 Å². The number of anilines is 5. The van der Waals surface area contributed by atoms with Crippen molar-refractivity contribution in [1.82, 2.24) is 9.97 Å². The summed E-state index contributed by atoms with van der Waals surface area (Å²) in [5.41, 5.74) is 13.3. The number of aromatic nitrogens is 2. The van der Waals surface area contributed by atoms with Crippen molar-refractivity contribution in [3.63, 3.8) is 0 Å². The second-order valence-electron chi connectivity index (χ2n) is 14.1. The van der Waals surface area contributed by atoms with Crippen molar-refractivity contribution >= 4 is 39.5 Å². The summed E-state index contributed by atoms with van der Waals surface area (Å²) in [5.74, 6) is 0. The molecule has 1 aromatic heterocycles. The maximum Gasteiger partial charge on any atom is 0.0934 e. The first-order valence-corrected chi connectivity index (χ1v) is 18.8. The minimum Gasteiger partial charge on any atom is -0.311 e. The molecule has 55 heavy (non-hydrogen) atoms. The van der Waals surface area contributed by atoms with Gasteiger partial charge in [0, 0.05) is 45.1 Å². The second kappa shape index (κ2) is 14.8. The fourth-order valence-corrected chi connectivity index (χ4v) is 7.52. The predicted octanol–water partition coefficient (Wildman–Crippen LogP) is 13.4. The maximum absolute atomic E-state index is 5.35. The van der Waals surface area contributed by atoms with Crippen molar-refractivity contribution in [3.8, 4) is 22.4 Å². The molecule has 0 saturated carbocycles. The van der Waals surface area contributed by atoms with E-state index in [0.717, 1.165) is 74.1 Å². The van der Waals surface area contributed by atoms with Crippen LogP contribution in [0, 0.1) is 0 Å². The molecule has 0 saturated heterocycles. The van der Waals surface area contributed by atoms with Crippen molar-refractivity contribution in [2.24, 2.45) is 0 Å². The lowest BCUT2D eigenvalue weighted by Gasteiger charge is -2.34. The number of benzene rings is 7. The maximum atomic E-state index is 5.35. The molecule has 1 aliphatic rings. The monoisotopic (exact) mass is 708 g/mol. The molecule has 4 nitrogen and oxygen atoms in total. The molecule has 1 atom stereocenters. The Morgan fingerprint density at radius 2 is 0.891 bits per heavy atom. The number of para-hydroxylation sites is 5. The zero-order valence-electron chi connectivity index (χ0n) is 30.7. The minimum atomic E-state index is -0.392. The zero-order valence-corrected chi connectivity index (χ0v) is 30.7. The molecule has 0 N–H and O–H groups in total. The molecule has 0 aliphatic heterocycles. The fourth-order valence-electron chi connectivity index (χ4n) is 7.52. The molecular formula is C51H40N4. The topological polar surface area (TPSA) is 32.3 Å². The second-order valence-corrected chi connectivity index (χ2v) is 14.1. The highest BCUT2D eigenvalue weighted by atomic mass is 15.2. The lowest BCUT2D eigenvalue weighted by molar-refractivity contribution is 0.577.